The van der Waals surface area contributed by atoms with Gasteiger partial charge in [0, 0.05) is 12.6 Å². The van der Waals surface area contributed by atoms with Crippen LogP contribution < -0.4 is 0 Å². The summed E-state index contributed by atoms with van der Waals surface area (Å²) in [7, 11) is 2.32. The van der Waals surface area contributed by atoms with Crippen molar-refractivity contribution in [3.8, 4) is 0 Å². The van der Waals surface area contributed by atoms with E-state index in [2.05, 4.69) is 25.8 Å². The predicted octanol–water partition coefficient (Wildman–Crippen LogP) is 2.76. The van der Waals surface area contributed by atoms with Crippen LogP contribution in [0.2, 0.25) is 0 Å². The van der Waals surface area contributed by atoms with Gasteiger partial charge in [0.25, 0.3) is 0 Å². The molecule has 1 saturated carbocycles. The molecule has 76 valence electrons. The molecule has 0 aromatic carbocycles. The first kappa shape index (κ1) is 9.51. The molecule has 0 aromatic heterocycles. The van der Waals surface area contributed by atoms with Gasteiger partial charge in [-0.2, -0.15) is 0 Å². The molecule has 2 aliphatic rings. The number of likely N-dealkylation sites (tertiary alicyclic amines) is 1. The molecule has 1 heterocycles. The molecule has 0 amide bonds. The van der Waals surface area contributed by atoms with E-state index < -0.39 is 0 Å². The first-order valence-electron chi connectivity index (χ1n) is 5.85. The summed E-state index contributed by atoms with van der Waals surface area (Å²) in [6.07, 6.45) is 5.89. The topological polar surface area (TPSA) is 3.24 Å². The molecule has 1 heteroatoms. The summed E-state index contributed by atoms with van der Waals surface area (Å²) in [4.78, 5) is 2.61. The molecule has 4 atom stereocenters. The Hall–Kier alpha value is -0.0400. The third-order valence-electron chi connectivity index (χ3n) is 3.97. The fraction of sp³-hybridized carbons (Fsp3) is 1.00. The van der Waals surface area contributed by atoms with Crippen molar-refractivity contribution in [1.82, 2.24) is 4.90 Å². The minimum absolute atomic E-state index is 0.902. The second-order valence-electron chi connectivity index (χ2n) is 5.61. The molecule has 1 aliphatic heterocycles. The number of hydrogen-bond donors (Lipinski definition) is 0. The number of hydrogen-bond acceptors (Lipinski definition) is 1. The van der Waals surface area contributed by atoms with E-state index in [-0.39, 0.29) is 0 Å². The van der Waals surface area contributed by atoms with E-state index in [0.717, 1.165) is 23.8 Å². The molecule has 0 radical (unpaired) electrons. The van der Waals surface area contributed by atoms with Crippen LogP contribution in [0.25, 0.3) is 0 Å². The largest absolute Gasteiger partial charge is 0.303 e. The van der Waals surface area contributed by atoms with E-state index in [1.807, 2.05) is 0 Å². The first-order valence-corrected chi connectivity index (χ1v) is 5.85. The molecule has 2 bridgehead atoms. The maximum atomic E-state index is 2.61. The average molecular weight is 181 g/mol. The molecule has 2 fully saturated rings. The van der Waals surface area contributed by atoms with Crippen LogP contribution in [-0.4, -0.2) is 24.5 Å². The summed E-state index contributed by atoms with van der Waals surface area (Å²) in [5.41, 5.74) is 0. The third-order valence-corrected chi connectivity index (χ3v) is 3.97. The lowest BCUT2D eigenvalue weighted by atomic mass is 9.77. The Bertz CT molecular complexity index is 178. The van der Waals surface area contributed by atoms with Gasteiger partial charge in [0.05, 0.1) is 0 Å². The molecular formula is C12H23N. The summed E-state index contributed by atoms with van der Waals surface area (Å²) in [5.74, 6) is 2.93. The molecule has 2 rings (SSSR count). The van der Waals surface area contributed by atoms with Crippen LogP contribution in [-0.2, 0) is 0 Å². The standard InChI is InChI=1S/C12H23N/c1-9-4-11-5-10(2)8-13(3)12(6-9)7-11/h9-12H,4-8H2,1-3H3. The highest BCUT2D eigenvalue weighted by Gasteiger charge is 2.33. The van der Waals surface area contributed by atoms with E-state index in [0.29, 0.717) is 0 Å². The van der Waals surface area contributed by atoms with E-state index in [1.165, 1.54) is 32.2 Å². The van der Waals surface area contributed by atoms with Crippen molar-refractivity contribution < 1.29 is 0 Å². The quantitative estimate of drug-likeness (QED) is 0.555. The van der Waals surface area contributed by atoms with Gasteiger partial charge in [-0.1, -0.05) is 13.8 Å². The molecule has 0 aromatic rings. The van der Waals surface area contributed by atoms with Crippen molar-refractivity contribution in [3.63, 3.8) is 0 Å². The van der Waals surface area contributed by atoms with Crippen LogP contribution in [0, 0.1) is 17.8 Å². The second kappa shape index (κ2) is 3.61. The van der Waals surface area contributed by atoms with Crippen LogP contribution >= 0.6 is 0 Å². The van der Waals surface area contributed by atoms with Crippen LogP contribution in [0.1, 0.15) is 39.5 Å². The summed E-state index contributed by atoms with van der Waals surface area (Å²) in [6, 6.07) is 0.902. The van der Waals surface area contributed by atoms with E-state index in [4.69, 9.17) is 0 Å². The van der Waals surface area contributed by atoms with E-state index in [1.54, 1.807) is 0 Å². The molecule has 1 nitrogen and oxygen atoms in total. The Kier molecular flexibility index (Phi) is 2.64. The zero-order valence-electron chi connectivity index (χ0n) is 9.29. The molecule has 13 heavy (non-hydrogen) atoms. The predicted molar refractivity (Wildman–Crippen MR) is 56.7 cm³/mol. The van der Waals surface area contributed by atoms with Gasteiger partial charge in [-0.25, -0.2) is 0 Å². The van der Waals surface area contributed by atoms with Gasteiger partial charge < -0.3 is 4.90 Å². The SMILES string of the molecule is CC1CC2CC(C)CN(C)C(C1)C2. The Labute approximate surface area is 82.5 Å². The zero-order chi connectivity index (χ0) is 9.42. The van der Waals surface area contributed by atoms with Gasteiger partial charge in [0.2, 0.25) is 0 Å². The summed E-state index contributed by atoms with van der Waals surface area (Å²) in [5, 5.41) is 0. The lowest BCUT2D eigenvalue weighted by Gasteiger charge is -2.35. The van der Waals surface area contributed by atoms with Gasteiger partial charge in [-0.05, 0) is 50.5 Å². The van der Waals surface area contributed by atoms with Crippen molar-refractivity contribution in [2.24, 2.45) is 17.8 Å². The summed E-state index contributed by atoms with van der Waals surface area (Å²) in [6.45, 7) is 6.18. The number of nitrogens with zero attached hydrogens (tertiary/aromatic N) is 1. The number of fused-ring (bicyclic) bond motifs is 2. The Balaban J connectivity index is 2.08. The zero-order valence-corrected chi connectivity index (χ0v) is 9.29. The summed E-state index contributed by atoms with van der Waals surface area (Å²) < 4.78 is 0. The second-order valence-corrected chi connectivity index (χ2v) is 5.61. The Morgan fingerprint density at radius 3 is 2.38 bits per heavy atom. The van der Waals surface area contributed by atoms with Crippen molar-refractivity contribution >= 4 is 0 Å². The monoisotopic (exact) mass is 181 g/mol. The molecule has 4 unspecified atom stereocenters. The van der Waals surface area contributed by atoms with Gasteiger partial charge in [0.1, 0.15) is 0 Å². The van der Waals surface area contributed by atoms with Crippen LogP contribution in [0.5, 0.6) is 0 Å². The van der Waals surface area contributed by atoms with E-state index >= 15 is 0 Å². The minimum Gasteiger partial charge on any atom is -0.303 e. The lowest BCUT2D eigenvalue weighted by Crippen LogP contribution is -2.36. The van der Waals surface area contributed by atoms with Crippen LogP contribution in [0.3, 0.4) is 0 Å². The first-order chi connectivity index (χ1) is 6.15. The maximum Gasteiger partial charge on any atom is 0.00975 e. The summed E-state index contributed by atoms with van der Waals surface area (Å²) >= 11 is 0. The highest BCUT2D eigenvalue weighted by Crippen LogP contribution is 2.37. The maximum absolute atomic E-state index is 2.61. The fourth-order valence-electron chi connectivity index (χ4n) is 3.54. The molecule has 0 spiro atoms. The normalized spacial score (nSPS) is 47.3. The Morgan fingerprint density at radius 2 is 1.62 bits per heavy atom. The highest BCUT2D eigenvalue weighted by atomic mass is 15.1. The fourth-order valence-corrected chi connectivity index (χ4v) is 3.54. The van der Waals surface area contributed by atoms with Gasteiger partial charge in [0.15, 0.2) is 0 Å². The van der Waals surface area contributed by atoms with Gasteiger partial charge >= 0.3 is 0 Å². The van der Waals surface area contributed by atoms with Crippen molar-refractivity contribution in [2.45, 2.75) is 45.6 Å². The van der Waals surface area contributed by atoms with Crippen LogP contribution in [0.15, 0.2) is 0 Å². The average Bonchev–Trinajstić information content (AvgIpc) is 2.09. The smallest absolute Gasteiger partial charge is 0.00975 e. The highest BCUT2D eigenvalue weighted by molar-refractivity contribution is 4.86. The minimum atomic E-state index is 0.902. The van der Waals surface area contributed by atoms with Crippen molar-refractivity contribution in [3.05, 3.63) is 0 Å². The van der Waals surface area contributed by atoms with Gasteiger partial charge in [-0.3, -0.25) is 0 Å². The van der Waals surface area contributed by atoms with Crippen LogP contribution in [0.4, 0.5) is 0 Å². The van der Waals surface area contributed by atoms with Gasteiger partial charge in [-0.15, -0.1) is 0 Å². The lowest BCUT2D eigenvalue weighted by molar-refractivity contribution is 0.153. The molecule has 1 aliphatic carbocycles. The molecule has 1 saturated heterocycles. The Morgan fingerprint density at radius 1 is 0.923 bits per heavy atom. The third kappa shape index (κ3) is 2.07. The number of rotatable bonds is 0. The van der Waals surface area contributed by atoms with E-state index in [9.17, 15) is 0 Å². The van der Waals surface area contributed by atoms with Crippen molar-refractivity contribution in [1.29, 1.82) is 0 Å². The molecular weight excluding hydrogens is 158 g/mol. The van der Waals surface area contributed by atoms with Crippen molar-refractivity contribution in [2.75, 3.05) is 13.6 Å². The molecule has 0 N–H and O–H groups in total.